The van der Waals surface area contributed by atoms with Gasteiger partial charge in [0.05, 0.1) is 28.9 Å². The lowest BCUT2D eigenvalue weighted by atomic mass is 9.92. The molecule has 4 aromatic rings. The molecule has 0 spiro atoms. The predicted octanol–water partition coefficient (Wildman–Crippen LogP) is 8.04. The number of pyridine rings is 1. The number of benzene rings is 2. The fourth-order valence-electron chi connectivity index (χ4n) is 4.44. The van der Waals surface area contributed by atoms with E-state index in [4.69, 9.17) is 27.9 Å². The first-order valence-corrected chi connectivity index (χ1v) is 12.5. The number of halogens is 3. The lowest BCUT2D eigenvalue weighted by Crippen LogP contribution is -2.26. The van der Waals surface area contributed by atoms with E-state index in [0.717, 1.165) is 16.9 Å². The highest BCUT2D eigenvalue weighted by atomic mass is 35.5. The number of rotatable bonds is 4. The minimum absolute atomic E-state index is 0.0554. The van der Waals surface area contributed by atoms with Gasteiger partial charge in [0.25, 0.3) is 0 Å². The molecular weight excluding hydrogens is 494 g/mol. The molecule has 0 unspecified atom stereocenters. The zero-order chi connectivity index (χ0) is 24.0. The third-order valence-corrected chi connectivity index (χ3v) is 7.50. The molecule has 0 saturated heterocycles. The largest absolute Gasteiger partial charge is 0.493 e. The maximum absolute atomic E-state index is 15.1. The van der Waals surface area contributed by atoms with Crippen molar-refractivity contribution in [3.05, 3.63) is 75.7 Å². The highest BCUT2D eigenvalue weighted by molar-refractivity contribution is 7.23. The first-order valence-electron chi connectivity index (χ1n) is 10.9. The van der Waals surface area contributed by atoms with E-state index in [1.54, 1.807) is 18.2 Å². The predicted molar refractivity (Wildman–Crippen MR) is 137 cm³/mol. The molecule has 0 fully saturated rings. The second-order valence-electron chi connectivity index (χ2n) is 8.53. The monoisotopic (exact) mass is 514 g/mol. The number of nitrogens with one attached hydrogen (secondary N) is 1. The molecule has 0 aliphatic carbocycles. The van der Waals surface area contributed by atoms with Gasteiger partial charge in [0.1, 0.15) is 10.8 Å². The zero-order valence-corrected chi connectivity index (χ0v) is 20.8. The van der Waals surface area contributed by atoms with Crippen molar-refractivity contribution in [2.24, 2.45) is 0 Å². The molecule has 8 heteroatoms. The highest BCUT2D eigenvalue weighted by Gasteiger charge is 2.30. The van der Waals surface area contributed by atoms with E-state index in [1.807, 2.05) is 38.1 Å². The summed E-state index contributed by atoms with van der Waals surface area (Å²) in [5, 5.41) is 4.63. The second kappa shape index (κ2) is 9.17. The van der Waals surface area contributed by atoms with Gasteiger partial charge in [-0.25, -0.2) is 4.39 Å². The van der Waals surface area contributed by atoms with E-state index in [-0.39, 0.29) is 17.7 Å². The number of thiophene rings is 1. The summed E-state index contributed by atoms with van der Waals surface area (Å²) in [6.45, 7) is 4.54. The number of carbonyl (C=O) groups is 1. The number of amides is 1. The van der Waals surface area contributed by atoms with Crippen LogP contribution in [0.15, 0.2) is 48.7 Å². The lowest BCUT2D eigenvalue weighted by Gasteiger charge is -2.25. The SMILES string of the molecule is CC(C)c1c(NC(=O)[C@H]2CCOc3ccccc32)sc2c(-c3cc(Cl)cc(Cl)c3)c(F)cnc12. The molecule has 5 rings (SSSR count). The van der Waals surface area contributed by atoms with Gasteiger partial charge >= 0.3 is 0 Å². The Morgan fingerprint density at radius 2 is 1.94 bits per heavy atom. The number of fused-ring (bicyclic) bond motifs is 2. The summed E-state index contributed by atoms with van der Waals surface area (Å²) in [6.07, 6.45) is 1.80. The fourth-order valence-corrected chi connectivity index (χ4v) is 6.34. The standard InChI is InChI=1S/C26H21Cl2FN2O2S/c1-13(2)21-23-24(22(19(29)12-30-23)14-9-15(27)11-16(28)10-14)34-26(21)31-25(32)18-7-8-33-20-6-4-3-5-17(18)20/h3-6,9-13,18H,7-8H2,1-2H3,(H,31,32)/t18-/m0/s1. The maximum Gasteiger partial charge on any atom is 0.232 e. The van der Waals surface area contributed by atoms with Crippen LogP contribution in [0.4, 0.5) is 9.39 Å². The van der Waals surface area contributed by atoms with E-state index in [9.17, 15) is 4.79 Å². The summed E-state index contributed by atoms with van der Waals surface area (Å²) in [4.78, 5) is 17.8. The van der Waals surface area contributed by atoms with Crippen molar-refractivity contribution in [2.45, 2.75) is 32.1 Å². The first kappa shape index (κ1) is 23.1. The molecule has 3 heterocycles. The highest BCUT2D eigenvalue weighted by Crippen LogP contribution is 2.45. The second-order valence-corrected chi connectivity index (χ2v) is 10.4. The molecule has 0 bridgehead atoms. The Kier molecular flexibility index (Phi) is 6.23. The molecule has 1 amide bonds. The van der Waals surface area contributed by atoms with Crippen LogP contribution in [0, 0.1) is 5.82 Å². The molecule has 2 aromatic heterocycles. The van der Waals surface area contributed by atoms with Crippen molar-refractivity contribution < 1.29 is 13.9 Å². The van der Waals surface area contributed by atoms with Crippen LogP contribution in [0.25, 0.3) is 21.3 Å². The van der Waals surface area contributed by atoms with Gasteiger partial charge in [-0.15, -0.1) is 11.3 Å². The normalized spacial score (nSPS) is 15.3. The Balaban J connectivity index is 1.61. The molecule has 0 radical (unpaired) electrons. The van der Waals surface area contributed by atoms with Crippen molar-refractivity contribution in [2.75, 3.05) is 11.9 Å². The van der Waals surface area contributed by atoms with Crippen LogP contribution < -0.4 is 10.1 Å². The summed E-state index contributed by atoms with van der Waals surface area (Å²) >= 11 is 13.7. The van der Waals surface area contributed by atoms with Crippen LogP contribution in [-0.2, 0) is 4.79 Å². The van der Waals surface area contributed by atoms with Gasteiger partial charge in [0.2, 0.25) is 5.91 Å². The van der Waals surface area contributed by atoms with Gasteiger partial charge in [-0.05, 0) is 42.2 Å². The molecule has 1 aliphatic heterocycles. The molecule has 2 aromatic carbocycles. The van der Waals surface area contributed by atoms with Crippen molar-refractivity contribution in [3.8, 4) is 16.9 Å². The van der Waals surface area contributed by atoms with Crippen molar-refractivity contribution in [1.82, 2.24) is 4.98 Å². The minimum atomic E-state index is -0.473. The summed E-state index contributed by atoms with van der Waals surface area (Å²) in [7, 11) is 0. The summed E-state index contributed by atoms with van der Waals surface area (Å²) in [5.41, 5.74) is 3.35. The molecule has 1 aliphatic rings. The Labute approximate surface area is 210 Å². The quantitative estimate of drug-likeness (QED) is 0.299. The number of hydrogen-bond acceptors (Lipinski definition) is 4. The van der Waals surface area contributed by atoms with Gasteiger partial charge in [0.15, 0.2) is 5.82 Å². The number of ether oxygens (including phenoxy) is 1. The van der Waals surface area contributed by atoms with Gasteiger partial charge in [0, 0.05) is 26.7 Å². The van der Waals surface area contributed by atoms with Crippen LogP contribution in [0.2, 0.25) is 10.0 Å². The van der Waals surface area contributed by atoms with Crippen LogP contribution in [0.5, 0.6) is 5.75 Å². The number of aromatic nitrogens is 1. The van der Waals surface area contributed by atoms with E-state index in [1.165, 1.54) is 17.5 Å². The van der Waals surface area contributed by atoms with Gasteiger partial charge in [-0.1, -0.05) is 55.2 Å². The van der Waals surface area contributed by atoms with Crippen molar-refractivity contribution >= 4 is 55.7 Å². The van der Waals surface area contributed by atoms with Crippen LogP contribution in [0.3, 0.4) is 0 Å². The van der Waals surface area contributed by atoms with Crippen molar-refractivity contribution in [3.63, 3.8) is 0 Å². The van der Waals surface area contributed by atoms with Gasteiger partial charge in [-0.2, -0.15) is 0 Å². The Hall–Kier alpha value is -2.67. The average Bonchev–Trinajstić information content (AvgIpc) is 3.15. The van der Waals surface area contributed by atoms with E-state index >= 15 is 4.39 Å². The number of nitrogens with zero attached hydrogens (tertiary/aromatic N) is 1. The Bertz CT molecular complexity index is 1400. The van der Waals surface area contributed by atoms with E-state index in [2.05, 4.69) is 10.3 Å². The fraction of sp³-hybridized carbons (Fsp3) is 0.231. The summed E-state index contributed by atoms with van der Waals surface area (Å²) in [6, 6.07) is 12.6. The van der Waals surface area contributed by atoms with Crippen LogP contribution in [0.1, 0.15) is 43.2 Å². The molecule has 34 heavy (non-hydrogen) atoms. The van der Waals surface area contributed by atoms with Crippen molar-refractivity contribution in [1.29, 1.82) is 0 Å². The smallest absolute Gasteiger partial charge is 0.232 e. The Morgan fingerprint density at radius 1 is 1.21 bits per heavy atom. The molecule has 1 N–H and O–H groups in total. The third kappa shape index (κ3) is 4.15. The zero-order valence-electron chi connectivity index (χ0n) is 18.5. The van der Waals surface area contributed by atoms with Crippen LogP contribution in [-0.4, -0.2) is 17.5 Å². The number of anilines is 1. The van der Waals surface area contributed by atoms with E-state index < -0.39 is 5.82 Å². The molecule has 0 saturated carbocycles. The molecule has 4 nitrogen and oxygen atoms in total. The maximum atomic E-state index is 15.1. The number of carbonyl (C=O) groups excluding carboxylic acids is 1. The topological polar surface area (TPSA) is 51.2 Å². The lowest BCUT2D eigenvalue weighted by molar-refractivity contribution is -0.118. The molecule has 174 valence electrons. The number of para-hydroxylation sites is 1. The molecular formula is C26H21Cl2FN2O2S. The molecule has 1 atom stereocenters. The minimum Gasteiger partial charge on any atom is -0.493 e. The summed E-state index contributed by atoms with van der Waals surface area (Å²) in [5.74, 6) is -0.125. The van der Waals surface area contributed by atoms with Crippen LogP contribution >= 0.6 is 34.5 Å². The number of hydrogen-bond donors (Lipinski definition) is 1. The summed E-state index contributed by atoms with van der Waals surface area (Å²) < 4.78 is 21.4. The third-order valence-electron chi connectivity index (χ3n) is 5.93. The Morgan fingerprint density at radius 3 is 2.68 bits per heavy atom. The van der Waals surface area contributed by atoms with Gasteiger partial charge < -0.3 is 10.1 Å². The van der Waals surface area contributed by atoms with E-state index in [0.29, 0.717) is 49.4 Å². The van der Waals surface area contributed by atoms with Gasteiger partial charge in [-0.3, -0.25) is 9.78 Å². The first-order chi connectivity index (χ1) is 16.3. The average molecular weight is 515 g/mol.